The van der Waals surface area contributed by atoms with Crippen LogP contribution in [0.15, 0.2) is 47.5 Å². The van der Waals surface area contributed by atoms with Crippen LogP contribution in [0.25, 0.3) is 22.0 Å². The SMILES string of the molecule is COc1ccc(-c2cc3c(OC)cc(OC)cc3[n+](C)c2SC)cc1. The van der Waals surface area contributed by atoms with Gasteiger partial charge in [-0.1, -0.05) is 23.9 Å². The van der Waals surface area contributed by atoms with Crippen LogP contribution in [0.5, 0.6) is 17.2 Å². The van der Waals surface area contributed by atoms with E-state index in [0.717, 1.165) is 39.3 Å². The maximum absolute atomic E-state index is 5.61. The second-order valence-corrected chi connectivity index (χ2v) is 6.41. The minimum absolute atomic E-state index is 0.782. The largest absolute Gasteiger partial charge is 0.497 e. The zero-order chi connectivity index (χ0) is 18.0. The van der Waals surface area contributed by atoms with Crippen LogP contribution >= 0.6 is 11.8 Å². The van der Waals surface area contributed by atoms with Crippen molar-refractivity contribution in [2.24, 2.45) is 7.05 Å². The molecule has 0 spiro atoms. The van der Waals surface area contributed by atoms with Crippen LogP contribution in [-0.4, -0.2) is 27.6 Å². The molecule has 0 unspecified atom stereocenters. The van der Waals surface area contributed by atoms with E-state index in [1.807, 2.05) is 24.3 Å². The molecule has 3 aromatic rings. The van der Waals surface area contributed by atoms with Crippen LogP contribution in [0.3, 0.4) is 0 Å². The fourth-order valence-corrected chi connectivity index (χ4v) is 3.79. The van der Waals surface area contributed by atoms with Gasteiger partial charge in [0.15, 0.2) is 0 Å². The molecule has 3 rings (SSSR count). The molecule has 0 saturated carbocycles. The van der Waals surface area contributed by atoms with Gasteiger partial charge < -0.3 is 14.2 Å². The van der Waals surface area contributed by atoms with E-state index in [0.29, 0.717) is 0 Å². The number of rotatable bonds is 5. The van der Waals surface area contributed by atoms with Gasteiger partial charge in [-0.25, -0.2) is 0 Å². The molecule has 0 radical (unpaired) electrons. The molecule has 0 aliphatic heterocycles. The Hall–Kier alpha value is -2.40. The number of fused-ring (bicyclic) bond motifs is 1. The maximum Gasteiger partial charge on any atom is 0.247 e. The van der Waals surface area contributed by atoms with Gasteiger partial charge in [0.1, 0.15) is 24.3 Å². The first-order valence-corrected chi connectivity index (χ1v) is 9.12. The average molecular weight is 356 g/mol. The van der Waals surface area contributed by atoms with E-state index in [1.54, 1.807) is 33.1 Å². The van der Waals surface area contributed by atoms with Crippen LogP contribution < -0.4 is 18.8 Å². The van der Waals surface area contributed by atoms with Crippen molar-refractivity contribution in [3.05, 3.63) is 42.5 Å². The Kier molecular flexibility index (Phi) is 5.04. The van der Waals surface area contributed by atoms with Crippen molar-refractivity contribution in [3.63, 3.8) is 0 Å². The number of aromatic nitrogens is 1. The molecule has 0 amide bonds. The highest BCUT2D eigenvalue weighted by molar-refractivity contribution is 7.98. The van der Waals surface area contributed by atoms with E-state index in [4.69, 9.17) is 14.2 Å². The number of benzene rings is 2. The van der Waals surface area contributed by atoms with Gasteiger partial charge in [0.2, 0.25) is 10.5 Å². The average Bonchev–Trinajstić information content (AvgIpc) is 2.67. The van der Waals surface area contributed by atoms with Gasteiger partial charge in [0.25, 0.3) is 0 Å². The third-order valence-electron chi connectivity index (χ3n) is 4.33. The number of pyridine rings is 1. The summed E-state index contributed by atoms with van der Waals surface area (Å²) in [5, 5.41) is 2.22. The maximum atomic E-state index is 5.61. The van der Waals surface area contributed by atoms with Crippen LogP contribution in [0, 0.1) is 0 Å². The fraction of sp³-hybridized carbons (Fsp3) is 0.250. The summed E-state index contributed by atoms with van der Waals surface area (Å²) in [5.74, 6) is 2.43. The summed E-state index contributed by atoms with van der Waals surface area (Å²) in [6.07, 6.45) is 2.09. The normalized spacial score (nSPS) is 10.8. The van der Waals surface area contributed by atoms with E-state index in [-0.39, 0.29) is 0 Å². The Morgan fingerprint density at radius 1 is 0.840 bits per heavy atom. The van der Waals surface area contributed by atoms with Gasteiger partial charge in [0.05, 0.1) is 38.3 Å². The summed E-state index contributed by atoms with van der Waals surface area (Å²) in [7, 11) is 7.10. The number of ether oxygens (including phenoxy) is 3. The molecule has 130 valence electrons. The van der Waals surface area contributed by atoms with Crippen LogP contribution in [-0.2, 0) is 7.05 Å². The van der Waals surface area contributed by atoms with E-state index >= 15 is 0 Å². The molecule has 2 aromatic carbocycles. The van der Waals surface area contributed by atoms with Gasteiger partial charge in [-0.2, -0.15) is 4.57 Å². The summed E-state index contributed by atoms with van der Waals surface area (Å²) in [6, 6.07) is 14.3. The third-order valence-corrected chi connectivity index (χ3v) is 5.21. The Morgan fingerprint density at radius 2 is 1.52 bits per heavy atom. The van der Waals surface area contributed by atoms with Gasteiger partial charge in [-0.3, -0.25) is 0 Å². The summed E-state index contributed by atoms with van der Waals surface area (Å²) >= 11 is 1.72. The molecule has 0 fully saturated rings. The predicted molar refractivity (Wildman–Crippen MR) is 102 cm³/mol. The van der Waals surface area contributed by atoms with Crippen molar-refractivity contribution >= 4 is 22.7 Å². The summed E-state index contributed by atoms with van der Waals surface area (Å²) in [4.78, 5) is 0. The van der Waals surface area contributed by atoms with E-state index in [9.17, 15) is 0 Å². The monoisotopic (exact) mass is 356 g/mol. The van der Waals surface area contributed by atoms with Gasteiger partial charge in [-0.05, 0) is 30.0 Å². The first kappa shape index (κ1) is 17.4. The zero-order valence-corrected chi connectivity index (χ0v) is 15.9. The smallest absolute Gasteiger partial charge is 0.247 e. The lowest BCUT2D eigenvalue weighted by molar-refractivity contribution is -0.682. The zero-order valence-electron chi connectivity index (χ0n) is 15.1. The Labute approximate surface area is 152 Å². The number of nitrogens with zero attached hydrogens (tertiary/aromatic N) is 1. The van der Waals surface area contributed by atoms with Gasteiger partial charge >= 0.3 is 0 Å². The van der Waals surface area contributed by atoms with Crippen LogP contribution in [0.2, 0.25) is 0 Å². The molecule has 4 nitrogen and oxygen atoms in total. The standard InChI is InChI=1S/C20H22NO3S/c1-21-18-10-15(23-3)11-19(24-4)17(18)12-16(20(21)25-5)13-6-8-14(22-2)9-7-13/h6-12H,1-5H3/q+1. The van der Waals surface area contributed by atoms with Crippen LogP contribution in [0.1, 0.15) is 0 Å². The summed E-state index contributed by atoms with van der Waals surface area (Å²) < 4.78 is 18.5. The Morgan fingerprint density at radius 3 is 2.08 bits per heavy atom. The number of thioether (sulfide) groups is 1. The molecule has 0 bridgehead atoms. The fourth-order valence-electron chi connectivity index (χ4n) is 3.02. The first-order valence-electron chi connectivity index (χ1n) is 7.90. The van der Waals surface area contributed by atoms with E-state index < -0.39 is 0 Å². The first-order chi connectivity index (χ1) is 12.1. The molecule has 0 N–H and O–H groups in total. The van der Waals surface area contributed by atoms with Crippen molar-refractivity contribution in [3.8, 4) is 28.4 Å². The molecular weight excluding hydrogens is 334 g/mol. The number of aryl methyl sites for hydroxylation is 1. The van der Waals surface area contributed by atoms with Crippen LogP contribution in [0.4, 0.5) is 0 Å². The lowest BCUT2D eigenvalue weighted by atomic mass is 10.0. The predicted octanol–water partition coefficient (Wildman–Crippen LogP) is 4.08. The summed E-state index contributed by atoms with van der Waals surface area (Å²) in [5.41, 5.74) is 3.37. The van der Waals surface area contributed by atoms with E-state index in [2.05, 4.69) is 36.1 Å². The minimum atomic E-state index is 0.782. The lowest BCUT2D eigenvalue weighted by Crippen LogP contribution is -2.32. The topological polar surface area (TPSA) is 31.6 Å². The third kappa shape index (κ3) is 3.12. The van der Waals surface area contributed by atoms with Crippen molar-refractivity contribution < 1.29 is 18.8 Å². The van der Waals surface area contributed by atoms with E-state index in [1.165, 1.54) is 5.03 Å². The van der Waals surface area contributed by atoms with Crippen molar-refractivity contribution in [1.82, 2.24) is 0 Å². The second kappa shape index (κ2) is 7.23. The molecule has 0 atom stereocenters. The Balaban J connectivity index is 2.31. The Bertz CT molecular complexity index is 907. The molecule has 25 heavy (non-hydrogen) atoms. The molecule has 1 aromatic heterocycles. The minimum Gasteiger partial charge on any atom is -0.497 e. The number of hydrogen-bond acceptors (Lipinski definition) is 4. The van der Waals surface area contributed by atoms with Crippen molar-refractivity contribution in [1.29, 1.82) is 0 Å². The van der Waals surface area contributed by atoms with Crippen molar-refractivity contribution in [2.75, 3.05) is 27.6 Å². The molecule has 1 heterocycles. The molecule has 5 heteroatoms. The van der Waals surface area contributed by atoms with Gasteiger partial charge in [-0.15, -0.1) is 0 Å². The molecule has 0 aliphatic carbocycles. The molecule has 0 aliphatic rings. The van der Waals surface area contributed by atoms with Gasteiger partial charge in [0, 0.05) is 6.07 Å². The summed E-state index contributed by atoms with van der Waals surface area (Å²) in [6.45, 7) is 0. The highest BCUT2D eigenvalue weighted by Gasteiger charge is 2.22. The second-order valence-electron chi connectivity index (χ2n) is 5.62. The lowest BCUT2D eigenvalue weighted by Gasteiger charge is -2.12. The highest BCUT2D eigenvalue weighted by Crippen LogP contribution is 2.36. The molecule has 0 saturated heterocycles. The van der Waals surface area contributed by atoms with Crippen molar-refractivity contribution in [2.45, 2.75) is 5.03 Å². The number of hydrogen-bond donors (Lipinski definition) is 0. The quantitative estimate of drug-likeness (QED) is 0.509. The molecular formula is C20H22NO3S+. The highest BCUT2D eigenvalue weighted by atomic mass is 32.2. The number of methoxy groups -OCH3 is 3.